The van der Waals surface area contributed by atoms with Gasteiger partial charge in [-0.3, -0.25) is 0 Å². The van der Waals surface area contributed by atoms with Crippen molar-refractivity contribution in [3.8, 4) is 0 Å². The first-order valence-corrected chi connectivity index (χ1v) is 0. The SMILES string of the molecule is [Ce].[Tl].[Tl].[Tl]. The van der Waals surface area contributed by atoms with E-state index in [2.05, 4.69) is 0 Å². The van der Waals surface area contributed by atoms with Gasteiger partial charge in [0.25, 0.3) is 0 Å². The Bertz CT molecular complexity index is 3.25. The predicted octanol–water partition coefficient (Wildman–Crippen LogP) is -1.14. The molecule has 0 heterocycles. The van der Waals surface area contributed by atoms with Crippen LogP contribution in [-0.2, 0) is 0 Å². The summed E-state index contributed by atoms with van der Waals surface area (Å²) in [7, 11) is 0. The van der Waals surface area contributed by atoms with Gasteiger partial charge in [0.1, 0.15) is 0 Å². The Morgan fingerprint density at radius 1 is 0.500 bits per heavy atom. The van der Waals surface area contributed by atoms with Crippen molar-refractivity contribution < 1.29 is 41.7 Å². The third-order valence-electron chi connectivity index (χ3n) is 0. The van der Waals surface area contributed by atoms with Crippen molar-refractivity contribution in [1.82, 2.24) is 0 Å². The zero-order chi connectivity index (χ0) is 0. The first-order valence-electron chi connectivity index (χ1n) is 0. The minimum Gasteiger partial charge on any atom is 0 e. The van der Waals surface area contributed by atoms with Gasteiger partial charge in [-0.2, -0.15) is 0 Å². The maximum Gasteiger partial charge on any atom is 0 e. The van der Waals surface area contributed by atoms with Crippen molar-refractivity contribution in [3.05, 3.63) is 0 Å². The van der Waals surface area contributed by atoms with Crippen LogP contribution in [0, 0.1) is 41.7 Å². The van der Waals surface area contributed by atoms with E-state index in [1.54, 1.807) is 0 Å². The fraction of sp³-hybridized carbons (Fsp3) is 0. The summed E-state index contributed by atoms with van der Waals surface area (Å²) in [6.45, 7) is 0. The Balaban J connectivity index is 0. The first-order chi connectivity index (χ1) is 0. The van der Waals surface area contributed by atoms with Gasteiger partial charge in [-0.1, -0.05) is 0 Å². The minimum atomic E-state index is 0. The van der Waals surface area contributed by atoms with Gasteiger partial charge in [-0.05, 0) is 0 Å². The van der Waals surface area contributed by atoms with Crippen LogP contribution in [0.5, 0.6) is 0 Å². The summed E-state index contributed by atoms with van der Waals surface area (Å²) < 4.78 is 0. The van der Waals surface area contributed by atoms with Crippen molar-refractivity contribution in [2.75, 3.05) is 0 Å². The molecule has 0 unspecified atom stereocenters. The zero-order valence-corrected chi connectivity index (χ0v) is 18.8. The van der Waals surface area contributed by atoms with Crippen LogP contribution in [-0.4, -0.2) is 81.9 Å². The summed E-state index contributed by atoms with van der Waals surface area (Å²) in [6, 6.07) is 0. The van der Waals surface area contributed by atoms with Gasteiger partial charge >= 0.3 is 0 Å². The molecule has 0 saturated heterocycles. The quantitative estimate of drug-likeness (QED) is 0.275. The van der Waals surface area contributed by atoms with E-state index >= 15 is 0 Å². The topological polar surface area (TPSA) is 0 Å². The molecular weight excluding hydrogens is 753 g/mol. The average Bonchev–Trinajstić information content (AvgIpc) is 0. The van der Waals surface area contributed by atoms with E-state index in [0.717, 1.165) is 0 Å². The summed E-state index contributed by atoms with van der Waals surface area (Å²) in [6.07, 6.45) is 0. The molecule has 0 aromatic carbocycles. The average molecular weight is 753 g/mol. The van der Waals surface area contributed by atoms with E-state index in [1.165, 1.54) is 0 Å². The summed E-state index contributed by atoms with van der Waals surface area (Å²) in [4.78, 5) is 0. The Morgan fingerprint density at radius 3 is 0.500 bits per heavy atom. The maximum absolute atomic E-state index is 0. The molecular formula is CeTl3. The second-order valence-corrected chi connectivity index (χ2v) is 0. The molecule has 0 spiro atoms. The van der Waals surface area contributed by atoms with Crippen molar-refractivity contribution in [3.63, 3.8) is 0 Å². The monoisotopic (exact) mass is 755 g/mol. The van der Waals surface area contributed by atoms with Crippen molar-refractivity contribution in [2.45, 2.75) is 0 Å². The predicted molar refractivity (Wildman–Crippen MR) is 17.3 cm³/mol. The standard InChI is InChI=1S/Ce.3Tl. The van der Waals surface area contributed by atoms with Gasteiger partial charge in [0.05, 0.1) is 0 Å². The molecule has 4 heavy (non-hydrogen) atoms. The van der Waals surface area contributed by atoms with Crippen LogP contribution in [0.1, 0.15) is 0 Å². The van der Waals surface area contributed by atoms with Crippen LogP contribution >= 0.6 is 0 Å². The van der Waals surface area contributed by atoms with E-state index in [0.29, 0.717) is 0 Å². The molecule has 0 fully saturated rings. The van der Waals surface area contributed by atoms with Gasteiger partial charge < -0.3 is 0 Å². The molecule has 0 aliphatic carbocycles. The van der Waals surface area contributed by atoms with Gasteiger partial charge in [0, 0.05) is 124 Å². The van der Waals surface area contributed by atoms with Crippen LogP contribution in [0.4, 0.5) is 0 Å². The Morgan fingerprint density at radius 2 is 0.500 bits per heavy atom. The molecule has 0 amide bonds. The van der Waals surface area contributed by atoms with Gasteiger partial charge in [0.2, 0.25) is 0 Å². The molecule has 0 saturated carbocycles. The fourth-order valence-electron chi connectivity index (χ4n) is 0. The van der Waals surface area contributed by atoms with E-state index in [-0.39, 0.29) is 124 Å². The largest absolute Gasteiger partial charge is 0 e. The van der Waals surface area contributed by atoms with E-state index in [9.17, 15) is 0 Å². The van der Waals surface area contributed by atoms with Crippen LogP contribution < -0.4 is 0 Å². The van der Waals surface area contributed by atoms with Crippen LogP contribution in [0.3, 0.4) is 0 Å². The number of hydrogen-bond acceptors (Lipinski definition) is 0. The number of rotatable bonds is 0. The zero-order valence-electron chi connectivity index (χ0n) is 2.23. The second-order valence-electron chi connectivity index (χ2n) is 0. The smallest absolute Gasteiger partial charge is 0 e. The molecule has 3 radical (unpaired) electrons. The van der Waals surface area contributed by atoms with Crippen molar-refractivity contribution in [1.29, 1.82) is 0 Å². The Labute approximate surface area is 120 Å². The summed E-state index contributed by atoms with van der Waals surface area (Å²) in [5.74, 6) is 0. The molecule has 0 aliphatic heterocycles. The molecule has 0 bridgehead atoms. The summed E-state index contributed by atoms with van der Waals surface area (Å²) >= 11 is 0. The number of hydrogen-bond donors (Lipinski definition) is 0. The summed E-state index contributed by atoms with van der Waals surface area (Å²) in [5, 5.41) is 0. The third kappa shape index (κ3) is 9.47. The van der Waals surface area contributed by atoms with Gasteiger partial charge in [0.15, 0.2) is 0 Å². The molecule has 0 atom stereocenters. The van der Waals surface area contributed by atoms with Gasteiger partial charge in [-0.25, -0.2) is 0 Å². The third-order valence-corrected chi connectivity index (χ3v) is 0. The molecule has 0 aliphatic rings. The molecule has 0 aromatic rings. The first kappa shape index (κ1) is 24.2. The van der Waals surface area contributed by atoms with E-state index in [4.69, 9.17) is 0 Å². The summed E-state index contributed by atoms with van der Waals surface area (Å²) in [5.41, 5.74) is 0. The normalized spacial score (nSPS) is 0. The fourth-order valence-corrected chi connectivity index (χ4v) is 0. The van der Waals surface area contributed by atoms with Crippen LogP contribution in [0.2, 0.25) is 0 Å². The molecule has 13 valence electrons. The second kappa shape index (κ2) is 15.7. The Hall–Kier alpha value is 4.14. The Kier molecular flexibility index (Phi) is 95.0. The minimum absolute atomic E-state index is 0. The van der Waals surface area contributed by atoms with E-state index < -0.39 is 0 Å². The molecule has 0 nitrogen and oxygen atoms in total. The van der Waals surface area contributed by atoms with Crippen LogP contribution in [0.25, 0.3) is 0 Å². The molecule has 4 heteroatoms. The van der Waals surface area contributed by atoms with Crippen molar-refractivity contribution >= 4 is 81.9 Å². The van der Waals surface area contributed by atoms with Crippen LogP contribution in [0.15, 0.2) is 0 Å². The molecule has 0 rings (SSSR count). The maximum atomic E-state index is 0. The molecule has 0 aromatic heterocycles. The van der Waals surface area contributed by atoms with Gasteiger partial charge in [-0.15, -0.1) is 0 Å². The van der Waals surface area contributed by atoms with E-state index in [1.807, 2.05) is 0 Å². The van der Waals surface area contributed by atoms with Crippen molar-refractivity contribution in [2.24, 2.45) is 0 Å². The molecule has 0 N–H and O–H groups in total.